The smallest absolute Gasteiger partial charge is 0.234 e. The first-order valence-electron chi connectivity index (χ1n) is 7.55. The van der Waals surface area contributed by atoms with E-state index in [1.165, 1.54) is 12.8 Å². The van der Waals surface area contributed by atoms with E-state index in [0.29, 0.717) is 30.7 Å². The van der Waals surface area contributed by atoms with E-state index in [1.807, 2.05) is 24.3 Å². The van der Waals surface area contributed by atoms with E-state index >= 15 is 0 Å². The van der Waals surface area contributed by atoms with Gasteiger partial charge in [-0.15, -0.1) is 0 Å². The van der Waals surface area contributed by atoms with E-state index in [1.54, 1.807) is 0 Å². The van der Waals surface area contributed by atoms with Crippen LogP contribution < -0.4 is 5.32 Å². The van der Waals surface area contributed by atoms with E-state index in [-0.39, 0.29) is 12.5 Å². The van der Waals surface area contributed by atoms with Gasteiger partial charge in [0.2, 0.25) is 5.91 Å². The maximum absolute atomic E-state index is 12.1. The lowest BCUT2D eigenvalue weighted by molar-refractivity contribution is -0.123. The third kappa shape index (κ3) is 5.30. The first-order valence-corrected chi connectivity index (χ1v) is 7.93. The van der Waals surface area contributed by atoms with Crippen LogP contribution in [0.2, 0.25) is 5.02 Å². The lowest BCUT2D eigenvalue weighted by Gasteiger charge is -2.27. The zero-order chi connectivity index (χ0) is 15.1. The number of carbonyl (C=O) groups is 1. The molecule has 1 aromatic rings. The van der Waals surface area contributed by atoms with Gasteiger partial charge in [-0.25, -0.2) is 0 Å². The predicted molar refractivity (Wildman–Crippen MR) is 84.2 cm³/mol. The van der Waals surface area contributed by atoms with Crippen LogP contribution in [-0.4, -0.2) is 41.7 Å². The molecule has 1 fully saturated rings. The number of aliphatic hydroxyl groups is 1. The van der Waals surface area contributed by atoms with Crippen LogP contribution in [0.5, 0.6) is 0 Å². The maximum atomic E-state index is 12.1. The molecule has 0 radical (unpaired) electrons. The largest absolute Gasteiger partial charge is 0.395 e. The third-order valence-corrected chi connectivity index (χ3v) is 4.23. The number of benzene rings is 1. The fraction of sp³-hybridized carbons (Fsp3) is 0.562. The van der Waals surface area contributed by atoms with Crippen LogP contribution in [-0.2, 0) is 11.3 Å². The zero-order valence-corrected chi connectivity index (χ0v) is 13.0. The highest BCUT2D eigenvalue weighted by Crippen LogP contribution is 2.22. The summed E-state index contributed by atoms with van der Waals surface area (Å²) in [7, 11) is 0. The standard InChI is InChI=1S/C16H23ClN2O2/c17-14-7-5-13(6-8-14)11-18-16(21)12-19(9-10-20)15-3-1-2-4-15/h5-8,15,20H,1-4,9-12H2,(H,18,21). The van der Waals surface area contributed by atoms with Crippen LogP contribution >= 0.6 is 11.6 Å². The van der Waals surface area contributed by atoms with Crippen LogP contribution in [0.1, 0.15) is 31.2 Å². The monoisotopic (exact) mass is 310 g/mol. The molecule has 21 heavy (non-hydrogen) atoms. The molecule has 0 unspecified atom stereocenters. The number of carbonyl (C=O) groups excluding carboxylic acids is 1. The van der Waals surface area contributed by atoms with Crippen LogP contribution in [0.4, 0.5) is 0 Å². The van der Waals surface area contributed by atoms with Crippen molar-refractivity contribution in [2.24, 2.45) is 0 Å². The highest BCUT2D eigenvalue weighted by atomic mass is 35.5. The fourth-order valence-corrected chi connectivity index (χ4v) is 2.96. The van der Waals surface area contributed by atoms with Gasteiger partial charge in [0.25, 0.3) is 0 Å². The van der Waals surface area contributed by atoms with E-state index < -0.39 is 0 Å². The molecule has 0 spiro atoms. The minimum atomic E-state index is 0.00491. The number of rotatable bonds is 7. The molecule has 0 saturated heterocycles. The van der Waals surface area contributed by atoms with Crippen LogP contribution in [0.25, 0.3) is 0 Å². The van der Waals surface area contributed by atoms with Crippen molar-refractivity contribution in [2.75, 3.05) is 19.7 Å². The Labute approximate surface area is 131 Å². The van der Waals surface area contributed by atoms with Gasteiger partial charge in [-0.2, -0.15) is 0 Å². The Morgan fingerprint density at radius 3 is 2.57 bits per heavy atom. The van der Waals surface area contributed by atoms with Gasteiger partial charge in [0.05, 0.1) is 13.2 Å². The minimum Gasteiger partial charge on any atom is -0.395 e. The maximum Gasteiger partial charge on any atom is 0.234 e. The molecule has 1 aliphatic carbocycles. The van der Waals surface area contributed by atoms with Gasteiger partial charge >= 0.3 is 0 Å². The van der Waals surface area contributed by atoms with Crippen molar-refractivity contribution in [3.8, 4) is 0 Å². The average Bonchev–Trinajstić information content (AvgIpc) is 3.00. The zero-order valence-electron chi connectivity index (χ0n) is 12.2. The summed E-state index contributed by atoms with van der Waals surface area (Å²) in [4.78, 5) is 14.2. The number of nitrogens with one attached hydrogen (secondary N) is 1. The SMILES string of the molecule is O=C(CN(CCO)C1CCCC1)NCc1ccc(Cl)cc1. The molecule has 0 bridgehead atoms. The molecule has 2 N–H and O–H groups in total. The molecular weight excluding hydrogens is 288 g/mol. The Hall–Kier alpha value is -1.10. The molecule has 1 saturated carbocycles. The summed E-state index contributed by atoms with van der Waals surface area (Å²) in [6.07, 6.45) is 4.70. The van der Waals surface area contributed by atoms with Crippen LogP contribution in [0.15, 0.2) is 24.3 Å². The topological polar surface area (TPSA) is 52.6 Å². The first-order chi connectivity index (χ1) is 10.2. The molecule has 0 heterocycles. The molecule has 1 amide bonds. The third-order valence-electron chi connectivity index (χ3n) is 3.98. The molecule has 5 heteroatoms. The van der Waals surface area contributed by atoms with Gasteiger partial charge in [0, 0.05) is 24.2 Å². The van der Waals surface area contributed by atoms with Crippen molar-refractivity contribution in [3.63, 3.8) is 0 Å². The van der Waals surface area contributed by atoms with Crippen LogP contribution in [0, 0.1) is 0 Å². The second-order valence-corrected chi connectivity index (χ2v) is 5.97. The van der Waals surface area contributed by atoms with E-state index in [9.17, 15) is 4.79 Å². The number of aliphatic hydroxyl groups excluding tert-OH is 1. The van der Waals surface area contributed by atoms with Crippen molar-refractivity contribution in [1.82, 2.24) is 10.2 Å². The van der Waals surface area contributed by atoms with Crippen molar-refractivity contribution in [2.45, 2.75) is 38.3 Å². The Morgan fingerprint density at radius 2 is 1.95 bits per heavy atom. The van der Waals surface area contributed by atoms with Gasteiger partial charge in [-0.05, 0) is 30.5 Å². The quantitative estimate of drug-likeness (QED) is 0.812. The van der Waals surface area contributed by atoms with E-state index in [0.717, 1.165) is 18.4 Å². The number of halogens is 1. The highest BCUT2D eigenvalue weighted by molar-refractivity contribution is 6.30. The number of nitrogens with zero attached hydrogens (tertiary/aromatic N) is 1. The van der Waals surface area contributed by atoms with Crippen molar-refractivity contribution >= 4 is 17.5 Å². The average molecular weight is 311 g/mol. The lowest BCUT2D eigenvalue weighted by atomic mass is 10.2. The number of hydrogen-bond acceptors (Lipinski definition) is 3. The Balaban J connectivity index is 1.79. The van der Waals surface area contributed by atoms with Gasteiger partial charge in [0.15, 0.2) is 0 Å². The fourth-order valence-electron chi connectivity index (χ4n) is 2.83. The van der Waals surface area contributed by atoms with Gasteiger partial charge in [-0.3, -0.25) is 9.69 Å². The second-order valence-electron chi connectivity index (χ2n) is 5.54. The molecule has 0 atom stereocenters. The predicted octanol–water partition coefficient (Wildman–Crippen LogP) is 2.19. The molecular formula is C16H23ClN2O2. The second kappa shape index (κ2) is 8.37. The van der Waals surface area contributed by atoms with Crippen molar-refractivity contribution in [3.05, 3.63) is 34.9 Å². The Kier molecular flexibility index (Phi) is 6.49. The highest BCUT2D eigenvalue weighted by Gasteiger charge is 2.23. The molecule has 4 nitrogen and oxygen atoms in total. The summed E-state index contributed by atoms with van der Waals surface area (Å²) >= 11 is 5.83. The summed E-state index contributed by atoms with van der Waals surface area (Å²) in [5.74, 6) is 0.00491. The summed E-state index contributed by atoms with van der Waals surface area (Å²) < 4.78 is 0. The molecule has 2 rings (SSSR count). The van der Waals surface area contributed by atoms with Crippen molar-refractivity contribution in [1.29, 1.82) is 0 Å². The van der Waals surface area contributed by atoms with Crippen molar-refractivity contribution < 1.29 is 9.90 Å². The van der Waals surface area contributed by atoms with Gasteiger partial charge < -0.3 is 10.4 Å². The summed E-state index contributed by atoms with van der Waals surface area (Å²) in [5.41, 5.74) is 1.03. The minimum absolute atomic E-state index is 0.00491. The van der Waals surface area contributed by atoms with Gasteiger partial charge in [0.1, 0.15) is 0 Å². The first kappa shape index (κ1) is 16.3. The summed E-state index contributed by atoms with van der Waals surface area (Å²) in [6.45, 7) is 1.53. The number of hydrogen-bond donors (Lipinski definition) is 2. The number of amides is 1. The van der Waals surface area contributed by atoms with Crippen LogP contribution in [0.3, 0.4) is 0 Å². The Bertz CT molecular complexity index is 444. The molecule has 0 aromatic heterocycles. The molecule has 1 aliphatic rings. The summed E-state index contributed by atoms with van der Waals surface area (Å²) in [6, 6.07) is 7.90. The normalized spacial score (nSPS) is 15.6. The van der Waals surface area contributed by atoms with E-state index in [4.69, 9.17) is 16.7 Å². The molecule has 116 valence electrons. The molecule has 0 aliphatic heterocycles. The molecule has 1 aromatic carbocycles. The Morgan fingerprint density at radius 1 is 1.29 bits per heavy atom. The summed E-state index contributed by atoms with van der Waals surface area (Å²) in [5, 5.41) is 12.8. The van der Waals surface area contributed by atoms with E-state index in [2.05, 4.69) is 10.2 Å². The lowest BCUT2D eigenvalue weighted by Crippen LogP contribution is -2.43. The van der Waals surface area contributed by atoms with Gasteiger partial charge in [-0.1, -0.05) is 36.6 Å².